The van der Waals surface area contributed by atoms with Gasteiger partial charge in [-0.2, -0.15) is 20.1 Å². The maximum Gasteiger partial charge on any atom is 0.330 e. The molecule has 1 N–H and O–H groups in total. The summed E-state index contributed by atoms with van der Waals surface area (Å²) in [4.78, 5) is 0. The molecule has 0 amide bonds. The molecule has 0 saturated heterocycles. The van der Waals surface area contributed by atoms with E-state index in [9.17, 15) is 22.7 Å². The standard InChI is InChI=1S/C9H9BrF4O2S/c10-6-3-17-2-5(6)7(15)1-16-4-9(13,14)8(11)12/h2-3,7-8,15H,1,4H2. The molecule has 0 radical (unpaired) electrons. The minimum absolute atomic E-state index is 0.461. The van der Waals surface area contributed by atoms with Crippen molar-refractivity contribution < 1.29 is 27.4 Å². The predicted molar refractivity (Wildman–Crippen MR) is 58.7 cm³/mol. The molecule has 98 valence electrons. The topological polar surface area (TPSA) is 29.5 Å². The lowest BCUT2D eigenvalue weighted by molar-refractivity contribution is -0.170. The zero-order chi connectivity index (χ0) is 13.1. The first-order valence-electron chi connectivity index (χ1n) is 4.48. The van der Waals surface area contributed by atoms with Crippen molar-refractivity contribution in [1.29, 1.82) is 0 Å². The van der Waals surface area contributed by atoms with E-state index in [0.29, 0.717) is 10.0 Å². The van der Waals surface area contributed by atoms with Crippen molar-refractivity contribution in [3.63, 3.8) is 0 Å². The smallest absolute Gasteiger partial charge is 0.330 e. The van der Waals surface area contributed by atoms with Gasteiger partial charge in [-0.25, -0.2) is 8.78 Å². The number of aliphatic hydroxyl groups excluding tert-OH is 1. The molecule has 1 atom stereocenters. The molecule has 0 aromatic carbocycles. The number of alkyl halides is 4. The second-order valence-corrected chi connectivity index (χ2v) is 4.87. The van der Waals surface area contributed by atoms with E-state index in [1.165, 1.54) is 11.3 Å². The second kappa shape index (κ2) is 6.12. The molecular formula is C9H9BrF4O2S. The highest BCUT2D eigenvalue weighted by Gasteiger charge is 2.41. The highest BCUT2D eigenvalue weighted by atomic mass is 79.9. The van der Waals surface area contributed by atoms with Crippen molar-refractivity contribution in [2.45, 2.75) is 18.5 Å². The van der Waals surface area contributed by atoms with E-state index < -0.39 is 31.7 Å². The van der Waals surface area contributed by atoms with Crippen LogP contribution >= 0.6 is 27.3 Å². The van der Waals surface area contributed by atoms with Crippen LogP contribution in [-0.4, -0.2) is 30.7 Å². The Hall–Kier alpha value is -0.180. The number of thiophene rings is 1. The molecule has 0 aliphatic heterocycles. The van der Waals surface area contributed by atoms with Crippen molar-refractivity contribution in [3.05, 3.63) is 20.8 Å². The number of rotatable bonds is 6. The summed E-state index contributed by atoms with van der Waals surface area (Å²) in [6.07, 6.45) is -4.89. The Bertz CT molecular complexity index is 359. The molecular weight excluding hydrogens is 328 g/mol. The van der Waals surface area contributed by atoms with Crippen LogP contribution in [0.1, 0.15) is 11.7 Å². The highest BCUT2D eigenvalue weighted by Crippen LogP contribution is 2.28. The van der Waals surface area contributed by atoms with Gasteiger partial charge in [-0.1, -0.05) is 0 Å². The van der Waals surface area contributed by atoms with Gasteiger partial charge in [0.15, 0.2) is 0 Å². The average Bonchev–Trinajstić information content (AvgIpc) is 2.63. The largest absolute Gasteiger partial charge is 0.386 e. The molecule has 0 spiro atoms. The molecule has 0 aliphatic rings. The molecule has 1 aromatic rings. The number of hydrogen-bond donors (Lipinski definition) is 1. The molecule has 1 aromatic heterocycles. The summed E-state index contributed by atoms with van der Waals surface area (Å²) in [6, 6.07) is 0. The quantitative estimate of drug-likeness (QED) is 0.806. The molecule has 8 heteroatoms. The first-order chi connectivity index (χ1) is 7.84. The van der Waals surface area contributed by atoms with Gasteiger partial charge in [-0.3, -0.25) is 0 Å². The van der Waals surface area contributed by atoms with Crippen LogP contribution < -0.4 is 0 Å². The maximum atomic E-state index is 12.5. The Morgan fingerprint density at radius 2 is 2.06 bits per heavy atom. The van der Waals surface area contributed by atoms with Crippen LogP contribution in [0.4, 0.5) is 17.6 Å². The van der Waals surface area contributed by atoms with Crippen LogP contribution in [0.5, 0.6) is 0 Å². The first-order valence-corrected chi connectivity index (χ1v) is 6.21. The fourth-order valence-electron chi connectivity index (χ4n) is 0.989. The molecule has 0 fully saturated rings. The van der Waals surface area contributed by atoms with E-state index in [-0.39, 0.29) is 0 Å². The van der Waals surface area contributed by atoms with E-state index in [1.807, 2.05) is 0 Å². The molecule has 0 aliphatic carbocycles. The summed E-state index contributed by atoms with van der Waals surface area (Å²) in [5.41, 5.74) is 0.482. The number of halogens is 5. The number of hydrogen-bond acceptors (Lipinski definition) is 3. The van der Waals surface area contributed by atoms with E-state index in [4.69, 9.17) is 0 Å². The Labute approximate surface area is 107 Å². The Morgan fingerprint density at radius 3 is 2.53 bits per heavy atom. The Kier molecular flexibility index (Phi) is 5.36. The first kappa shape index (κ1) is 14.9. The van der Waals surface area contributed by atoms with Gasteiger partial charge in [-0.15, -0.1) is 0 Å². The maximum absolute atomic E-state index is 12.5. The Balaban J connectivity index is 2.40. The van der Waals surface area contributed by atoms with Crippen LogP contribution in [0.3, 0.4) is 0 Å². The van der Waals surface area contributed by atoms with Crippen LogP contribution in [0.2, 0.25) is 0 Å². The van der Waals surface area contributed by atoms with Crippen LogP contribution in [0.15, 0.2) is 15.2 Å². The molecule has 1 heterocycles. The Morgan fingerprint density at radius 1 is 1.41 bits per heavy atom. The van der Waals surface area contributed by atoms with Gasteiger partial charge >= 0.3 is 12.3 Å². The van der Waals surface area contributed by atoms with Crippen molar-refractivity contribution in [2.24, 2.45) is 0 Å². The summed E-state index contributed by atoms with van der Waals surface area (Å²) in [7, 11) is 0. The van der Waals surface area contributed by atoms with Crippen molar-refractivity contribution in [3.8, 4) is 0 Å². The van der Waals surface area contributed by atoms with Gasteiger partial charge < -0.3 is 9.84 Å². The monoisotopic (exact) mass is 336 g/mol. The van der Waals surface area contributed by atoms with Gasteiger partial charge in [0.1, 0.15) is 12.7 Å². The fourth-order valence-corrected chi connectivity index (χ4v) is 2.60. The van der Waals surface area contributed by atoms with E-state index in [1.54, 1.807) is 10.8 Å². The van der Waals surface area contributed by atoms with Gasteiger partial charge in [0.05, 0.1) is 6.61 Å². The van der Waals surface area contributed by atoms with Crippen molar-refractivity contribution in [2.75, 3.05) is 13.2 Å². The fraction of sp³-hybridized carbons (Fsp3) is 0.556. The minimum atomic E-state index is -4.19. The second-order valence-electron chi connectivity index (χ2n) is 3.27. The lowest BCUT2D eigenvalue weighted by Gasteiger charge is -2.17. The van der Waals surface area contributed by atoms with Gasteiger partial charge in [0.25, 0.3) is 0 Å². The molecule has 1 rings (SSSR count). The predicted octanol–water partition coefficient (Wildman–Crippen LogP) is 3.46. The van der Waals surface area contributed by atoms with Crippen molar-refractivity contribution >= 4 is 27.3 Å². The van der Waals surface area contributed by atoms with E-state index >= 15 is 0 Å². The molecule has 0 bridgehead atoms. The van der Waals surface area contributed by atoms with Gasteiger partial charge in [0, 0.05) is 15.4 Å². The minimum Gasteiger partial charge on any atom is -0.386 e. The van der Waals surface area contributed by atoms with Crippen molar-refractivity contribution in [1.82, 2.24) is 0 Å². The van der Waals surface area contributed by atoms with Crippen LogP contribution in [0, 0.1) is 0 Å². The molecule has 0 saturated carbocycles. The zero-order valence-electron chi connectivity index (χ0n) is 8.38. The molecule has 1 unspecified atom stereocenters. The highest BCUT2D eigenvalue weighted by molar-refractivity contribution is 9.10. The summed E-state index contributed by atoms with van der Waals surface area (Å²) in [5.74, 6) is -4.19. The number of aliphatic hydroxyl groups is 1. The summed E-state index contributed by atoms with van der Waals surface area (Å²) in [5, 5.41) is 12.9. The summed E-state index contributed by atoms with van der Waals surface area (Å²) < 4.78 is 53.5. The third-order valence-corrected chi connectivity index (χ3v) is 3.64. The summed E-state index contributed by atoms with van der Waals surface area (Å²) >= 11 is 4.46. The average molecular weight is 337 g/mol. The summed E-state index contributed by atoms with van der Waals surface area (Å²) in [6.45, 7) is -1.87. The zero-order valence-corrected chi connectivity index (χ0v) is 10.8. The van der Waals surface area contributed by atoms with Gasteiger partial charge in [0.2, 0.25) is 0 Å². The van der Waals surface area contributed by atoms with E-state index in [2.05, 4.69) is 20.7 Å². The lowest BCUT2D eigenvalue weighted by atomic mass is 10.2. The van der Waals surface area contributed by atoms with Gasteiger partial charge in [-0.05, 0) is 21.3 Å². The normalized spacial score (nSPS) is 14.3. The van der Waals surface area contributed by atoms with E-state index in [0.717, 1.165) is 0 Å². The lowest BCUT2D eigenvalue weighted by Crippen LogP contribution is -2.33. The third kappa shape index (κ3) is 4.20. The molecule has 2 nitrogen and oxygen atoms in total. The SMILES string of the molecule is OC(COCC(F)(F)C(F)F)c1cscc1Br. The molecule has 17 heavy (non-hydrogen) atoms. The van der Waals surface area contributed by atoms with Crippen LogP contribution in [-0.2, 0) is 4.74 Å². The third-order valence-electron chi connectivity index (χ3n) is 1.89. The number of ether oxygens (including phenoxy) is 1. The van der Waals surface area contributed by atoms with Crippen LogP contribution in [0.25, 0.3) is 0 Å².